The molecule has 3 amide bonds. The largest absolute Gasteiger partial charge is 0.454 e. The normalized spacial score (nSPS) is 15.4. The fourth-order valence-corrected chi connectivity index (χ4v) is 3.82. The summed E-state index contributed by atoms with van der Waals surface area (Å²) in [4.78, 5) is 48.0. The molecule has 1 aromatic heterocycles. The second-order valence-electron chi connectivity index (χ2n) is 8.50. The summed E-state index contributed by atoms with van der Waals surface area (Å²) in [5, 5.41) is 5.61. The van der Waals surface area contributed by atoms with E-state index >= 15 is 0 Å². The molecule has 2 aliphatic heterocycles. The number of nitrogens with one attached hydrogen (secondary N) is 2. The van der Waals surface area contributed by atoms with Crippen LogP contribution >= 0.6 is 0 Å². The smallest absolute Gasteiger partial charge is 0.273 e. The Hall–Kier alpha value is -3.69. The van der Waals surface area contributed by atoms with Gasteiger partial charge in [-0.05, 0) is 37.0 Å². The third-order valence-electron chi connectivity index (χ3n) is 5.55. The van der Waals surface area contributed by atoms with Crippen LogP contribution in [0.5, 0.6) is 11.5 Å². The van der Waals surface area contributed by atoms with Crippen LogP contribution in [0.25, 0.3) is 0 Å². The van der Waals surface area contributed by atoms with Crippen molar-refractivity contribution in [2.75, 3.05) is 25.2 Å². The molecule has 33 heavy (non-hydrogen) atoms. The topological polar surface area (TPSA) is 123 Å². The summed E-state index contributed by atoms with van der Waals surface area (Å²) in [5.41, 5.74) is 0.375. The van der Waals surface area contributed by atoms with Gasteiger partial charge in [0.2, 0.25) is 12.7 Å². The third-order valence-corrected chi connectivity index (χ3v) is 5.55. The van der Waals surface area contributed by atoms with Gasteiger partial charge in [-0.2, -0.15) is 0 Å². The van der Waals surface area contributed by atoms with E-state index in [-0.39, 0.29) is 30.3 Å². The van der Waals surface area contributed by atoms with Crippen LogP contribution in [0, 0.1) is 5.92 Å². The fraction of sp³-hybridized carbons (Fsp3) is 0.435. The monoisotopic (exact) mass is 453 g/mol. The van der Waals surface area contributed by atoms with Crippen LogP contribution < -0.4 is 20.1 Å². The van der Waals surface area contributed by atoms with E-state index in [0.29, 0.717) is 55.3 Å². The minimum atomic E-state index is -0.445. The van der Waals surface area contributed by atoms with Crippen LogP contribution in [0.1, 0.15) is 54.0 Å². The van der Waals surface area contributed by atoms with Gasteiger partial charge in [0.25, 0.3) is 11.8 Å². The maximum atomic E-state index is 12.9. The summed E-state index contributed by atoms with van der Waals surface area (Å²) < 4.78 is 10.6. The van der Waals surface area contributed by atoms with Gasteiger partial charge in [0.05, 0.1) is 0 Å². The number of hydrogen-bond donors (Lipinski definition) is 2. The number of piperidine rings is 1. The Morgan fingerprint density at radius 1 is 1.06 bits per heavy atom. The average Bonchev–Trinajstić information content (AvgIpc) is 3.27. The molecule has 3 heterocycles. The molecule has 0 saturated carbocycles. The summed E-state index contributed by atoms with van der Waals surface area (Å²) in [6, 6.07) is 4.75. The van der Waals surface area contributed by atoms with Crippen LogP contribution in [-0.4, -0.2) is 58.5 Å². The number of aromatic nitrogens is 2. The zero-order valence-electron chi connectivity index (χ0n) is 18.7. The van der Waals surface area contributed by atoms with Crippen molar-refractivity contribution in [2.24, 2.45) is 5.92 Å². The first-order valence-corrected chi connectivity index (χ1v) is 11.0. The Bertz CT molecular complexity index is 1050. The van der Waals surface area contributed by atoms with E-state index in [1.54, 1.807) is 18.2 Å². The molecular formula is C23H27N5O5. The number of benzene rings is 1. The number of likely N-dealkylation sites (tertiary alicyclic amines) is 1. The molecule has 2 aromatic rings. The Morgan fingerprint density at radius 3 is 2.55 bits per heavy atom. The van der Waals surface area contributed by atoms with Gasteiger partial charge in [-0.15, -0.1) is 0 Å². The highest BCUT2D eigenvalue weighted by atomic mass is 16.7. The summed E-state index contributed by atoms with van der Waals surface area (Å²) >= 11 is 0. The Morgan fingerprint density at radius 2 is 1.79 bits per heavy atom. The number of anilines is 1. The van der Waals surface area contributed by atoms with Crippen molar-refractivity contribution in [3.8, 4) is 11.5 Å². The Kier molecular flexibility index (Phi) is 6.71. The second kappa shape index (κ2) is 9.85. The minimum Gasteiger partial charge on any atom is -0.454 e. The van der Waals surface area contributed by atoms with Crippen molar-refractivity contribution in [3.05, 3.63) is 41.9 Å². The number of carbonyl (C=O) groups excluding carboxylic acids is 3. The zero-order valence-corrected chi connectivity index (χ0v) is 18.7. The molecule has 0 aliphatic carbocycles. The van der Waals surface area contributed by atoms with Crippen molar-refractivity contribution in [2.45, 2.75) is 39.2 Å². The van der Waals surface area contributed by atoms with Gasteiger partial charge in [0.1, 0.15) is 0 Å². The quantitative estimate of drug-likeness (QED) is 0.688. The van der Waals surface area contributed by atoms with Gasteiger partial charge in [0.15, 0.2) is 23.0 Å². The molecule has 1 saturated heterocycles. The molecule has 174 valence electrons. The van der Waals surface area contributed by atoms with Crippen LogP contribution in [-0.2, 0) is 4.79 Å². The van der Waals surface area contributed by atoms with Crippen LogP contribution in [0.4, 0.5) is 5.82 Å². The van der Waals surface area contributed by atoms with E-state index in [2.05, 4.69) is 20.6 Å². The molecule has 0 spiro atoms. The lowest BCUT2D eigenvalue weighted by Gasteiger charge is -2.32. The summed E-state index contributed by atoms with van der Waals surface area (Å²) in [6.45, 7) is 5.36. The van der Waals surface area contributed by atoms with E-state index in [9.17, 15) is 14.4 Å². The second-order valence-corrected chi connectivity index (χ2v) is 8.50. The van der Waals surface area contributed by atoms with Gasteiger partial charge in [-0.25, -0.2) is 9.97 Å². The van der Waals surface area contributed by atoms with Gasteiger partial charge in [-0.3, -0.25) is 14.4 Å². The molecule has 0 atom stereocenters. The molecular weight excluding hydrogens is 426 g/mol. The van der Waals surface area contributed by atoms with E-state index in [1.807, 2.05) is 18.7 Å². The minimum absolute atomic E-state index is 0.0323. The van der Waals surface area contributed by atoms with Gasteiger partial charge in [-0.1, -0.05) is 13.8 Å². The van der Waals surface area contributed by atoms with E-state index in [1.165, 1.54) is 12.4 Å². The number of ether oxygens (including phenoxy) is 2. The number of nitrogens with zero attached hydrogens (tertiary/aromatic N) is 3. The lowest BCUT2D eigenvalue weighted by atomic mass is 10.0. The predicted octanol–water partition coefficient (Wildman–Crippen LogP) is 2.22. The van der Waals surface area contributed by atoms with Crippen LogP contribution in [0.15, 0.2) is 30.6 Å². The van der Waals surface area contributed by atoms with E-state index in [0.717, 1.165) is 0 Å². The SMILES string of the molecule is CC(C)CC(=O)N1CCC(NC(=O)c2nccnc2NC(=O)c2ccc3c(c2)OCO3)CC1. The summed E-state index contributed by atoms with van der Waals surface area (Å²) in [7, 11) is 0. The maximum Gasteiger partial charge on any atom is 0.273 e. The molecule has 0 unspecified atom stereocenters. The number of fused-ring (bicyclic) bond motifs is 1. The summed E-state index contributed by atoms with van der Waals surface area (Å²) in [5.74, 6) is 0.731. The van der Waals surface area contributed by atoms with Crippen molar-refractivity contribution in [1.82, 2.24) is 20.2 Å². The first-order chi connectivity index (χ1) is 15.9. The highest BCUT2D eigenvalue weighted by molar-refractivity contribution is 6.07. The zero-order chi connectivity index (χ0) is 23.4. The van der Waals surface area contributed by atoms with Crippen molar-refractivity contribution in [3.63, 3.8) is 0 Å². The highest BCUT2D eigenvalue weighted by Crippen LogP contribution is 2.32. The first kappa shape index (κ1) is 22.5. The van der Waals surface area contributed by atoms with Gasteiger partial charge in [0, 0.05) is 43.5 Å². The van der Waals surface area contributed by atoms with Crippen molar-refractivity contribution >= 4 is 23.5 Å². The molecule has 1 aromatic carbocycles. The standard InChI is InChI=1S/C23H27N5O5/c1-14(2)11-19(29)28-9-5-16(6-10-28)26-23(31)20-21(25-8-7-24-20)27-22(30)15-3-4-17-18(12-15)33-13-32-17/h3-4,7-8,12,14,16H,5-6,9-11,13H2,1-2H3,(H,26,31)(H,25,27,30). The van der Waals surface area contributed by atoms with Crippen molar-refractivity contribution < 1.29 is 23.9 Å². The first-order valence-electron chi connectivity index (χ1n) is 11.0. The Labute approximate surface area is 191 Å². The predicted molar refractivity (Wildman–Crippen MR) is 119 cm³/mol. The Balaban J connectivity index is 1.37. The van der Waals surface area contributed by atoms with Gasteiger partial charge >= 0.3 is 0 Å². The van der Waals surface area contributed by atoms with Crippen molar-refractivity contribution in [1.29, 1.82) is 0 Å². The molecule has 10 heteroatoms. The molecule has 1 fully saturated rings. The van der Waals surface area contributed by atoms with Gasteiger partial charge < -0.3 is 25.0 Å². The molecule has 2 aliphatic rings. The number of carbonyl (C=O) groups is 3. The van der Waals surface area contributed by atoms with E-state index < -0.39 is 11.8 Å². The lowest BCUT2D eigenvalue weighted by molar-refractivity contribution is -0.133. The molecule has 0 bridgehead atoms. The molecule has 2 N–H and O–H groups in total. The van der Waals surface area contributed by atoms with Crippen LogP contribution in [0.2, 0.25) is 0 Å². The number of hydrogen-bond acceptors (Lipinski definition) is 7. The van der Waals surface area contributed by atoms with Crippen LogP contribution in [0.3, 0.4) is 0 Å². The molecule has 4 rings (SSSR count). The number of rotatable bonds is 6. The third kappa shape index (κ3) is 5.39. The number of amides is 3. The maximum absolute atomic E-state index is 12.9. The molecule has 0 radical (unpaired) electrons. The summed E-state index contributed by atoms with van der Waals surface area (Å²) in [6.07, 6.45) is 4.66. The molecule has 10 nitrogen and oxygen atoms in total. The highest BCUT2D eigenvalue weighted by Gasteiger charge is 2.26. The average molecular weight is 453 g/mol. The van der Waals surface area contributed by atoms with E-state index in [4.69, 9.17) is 9.47 Å². The lowest BCUT2D eigenvalue weighted by Crippen LogP contribution is -2.47. The fourth-order valence-electron chi connectivity index (χ4n) is 3.82.